The molecule has 0 aliphatic heterocycles. The fourth-order valence-electron chi connectivity index (χ4n) is 2.19. The minimum atomic E-state index is -0.461. The molecule has 4 heteroatoms. The maximum Gasteiger partial charge on any atom is 0.214 e. The number of nitrogens with one attached hydrogen (secondary N) is 2. The number of rotatable bonds is 4. The van der Waals surface area contributed by atoms with Crippen molar-refractivity contribution in [2.75, 3.05) is 11.9 Å². The van der Waals surface area contributed by atoms with Gasteiger partial charge in [-0.25, -0.2) is 4.98 Å². The van der Waals surface area contributed by atoms with Gasteiger partial charge in [0.15, 0.2) is 0 Å². The topological polar surface area (TPSA) is 40.7 Å². The molecular formula is C15H14FN3. The Labute approximate surface area is 110 Å². The number of aromatic nitrogens is 2. The standard InChI is InChI=1S/C15H14FN3/c16-15-9-12(6-8-18-15)17-7-5-11-10-19-14-4-2-1-3-13(11)14/h1-4,6,8-10,19H,5,7H2,(H,17,18). The van der Waals surface area contributed by atoms with Crippen LogP contribution in [0.25, 0.3) is 10.9 Å². The zero-order chi connectivity index (χ0) is 13.1. The van der Waals surface area contributed by atoms with Gasteiger partial charge in [0.1, 0.15) is 0 Å². The van der Waals surface area contributed by atoms with E-state index in [4.69, 9.17) is 0 Å². The van der Waals surface area contributed by atoms with Crippen LogP contribution in [0.2, 0.25) is 0 Å². The first-order valence-electron chi connectivity index (χ1n) is 6.23. The quantitative estimate of drug-likeness (QED) is 0.702. The summed E-state index contributed by atoms with van der Waals surface area (Å²) in [5.74, 6) is -0.461. The Hall–Kier alpha value is -2.36. The van der Waals surface area contributed by atoms with Crippen molar-refractivity contribution >= 4 is 16.6 Å². The summed E-state index contributed by atoms with van der Waals surface area (Å²) in [7, 11) is 0. The van der Waals surface area contributed by atoms with Gasteiger partial charge in [0.25, 0.3) is 0 Å². The summed E-state index contributed by atoms with van der Waals surface area (Å²) in [5.41, 5.74) is 3.16. The minimum Gasteiger partial charge on any atom is -0.385 e. The van der Waals surface area contributed by atoms with Gasteiger partial charge in [-0.2, -0.15) is 4.39 Å². The second-order valence-electron chi connectivity index (χ2n) is 4.40. The van der Waals surface area contributed by atoms with Crippen molar-refractivity contribution in [2.24, 2.45) is 0 Å². The van der Waals surface area contributed by atoms with Crippen LogP contribution in [0.3, 0.4) is 0 Å². The lowest BCUT2D eigenvalue weighted by molar-refractivity contribution is 0.584. The van der Waals surface area contributed by atoms with Gasteiger partial charge in [-0.3, -0.25) is 0 Å². The number of hydrogen-bond donors (Lipinski definition) is 2. The molecule has 0 radical (unpaired) electrons. The molecule has 96 valence electrons. The molecule has 2 N–H and O–H groups in total. The number of hydrogen-bond acceptors (Lipinski definition) is 2. The van der Waals surface area contributed by atoms with Crippen molar-refractivity contribution in [3.63, 3.8) is 0 Å². The zero-order valence-electron chi connectivity index (χ0n) is 10.4. The average molecular weight is 255 g/mol. The molecule has 3 rings (SSSR count). The van der Waals surface area contributed by atoms with Crippen LogP contribution in [-0.2, 0) is 6.42 Å². The van der Waals surface area contributed by atoms with Crippen LogP contribution in [0, 0.1) is 5.95 Å². The van der Waals surface area contributed by atoms with Gasteiger partial charge < -0.3 is 10.3 Å². The highest BCUT2D eigenvalue weighted by molar-refractivity contribution is 5.83. The third kappa shape index (κ3) is 2.57. The van der Waals surface area contributed by atoms with Crippen LogP contribution in [0.1, 0.15) is 5.56 Å². The third-order valence-electron chi connectivity index (χ3n) is 3.12. The summed E-state index contributed by atoms with van der Waals surface area (Å²) >= 11 is 0. The SMILES string of the molecule is Fc1cc(NCCc2c[nH]c3ccccc23)ccn1. The lowest BCUT2D eigenvalue weighted by Crippen LogP contribution is -2.04. The molecule has 0 atom stereocenters. The van der Waals surface area contributed by atoms with Crippen molar-refractivity contribution in [3.8, 4) is 0 Å². The Morgan fingerprint density at radius 1 is 1.21 bits per heavy atom. The lowest BCUT2D eigenvalue weighted by Gasteiger charge is -2.05. The number of aromatic amines is 1. The van der Waals surface area contributed by atoms with Crippen molar-refractivity contribution in [2.45, 2.75) is 6.42 Å². The Balaban J connectivity index is 1.66. The predicted octanol–water partition coefficient (Wildman–Crippen LogP) is 3.36. The van der Waals surface area contributed by atoms with E-state index in [2.05, 4.69) is 27.4 Å². The monoisotopic (exact) mass is 255 g/mol. The molecule has 1 aromatic carbocycles. The first-order chi connectivity index (χ1) is 9.33. The van der Waals surface area contributed by atoms with Crippen LogP contribution in [-0.4, -0.2) is 16.5 Å². The molecule has 0 amide bonds. The summed E-state index contributed by atoms with van der Waals surface area (Å²) in [6.45, 7) is 0.755. The van der Waals surface area contributed by atoms with Gasteiger partial charge in [0.2, 0.25) is 5.95 Å². The van der Waals surface area contributed by atoms with Crippen molar-refractivity contribution in [3.05, 3.63) is 60.3 Å². The van der Waals surface area contributed by atoms with Crippen LogP contribution in [0.15, 0.2) is 48.8 Å². The molecule has 0 spiro atoms. The zero-order valence-corrected chi connectivity index (χ0v) is 10.4. The molecular weight excluding hydrogens is 241 g/mol. The Morgan fingerprint density at radius 2 is 2.11 bits per heavy atom. The smallest absolute Gasteiger partial charge is 0.214 e. The van der Waals surface area contributed by atoms with Crippen LogP contribution >= 0.6 is 0 Å². The summed E-state index contributed by atoms with van der Waals surface area (Å²) in [4.78, 5) is 6.78. The number of halogens is 1. The van der Waals surface area contributed by atoms with E-state index in [0.717, 1.165) is 24.2 Å². The molecule has 0 saturated carbocycles. The number of pyridine rings is 1. The Kier molecular flexibility index (Phi) is 3.14. The van der Waals surface area contributed by atoms with E-state index in [1.165, 1.54) is 23.2 Å². The number of nitrogens with zero attached hydrogens (tertiary/aromatic N) is 1. The van der Waals surface area contributed by atoms with E-state index >= 15 is 0 Å². The van der Waals surface area contributed by atoms with Gasteiger partial charge in [0, 0.05) is 41.6 Å². The summed E-state index contributed by atoms with van der Waals surface area (Å²) in [6.07, 6.45) is 4.37. The minimum absolute atomic E-state index is 0.461. The van der Waals surface area contributed by atoms with Crippen molar-refractivity contribution < 1.29 is 4.39 Å². The summed E-state index contributed by atoms with van der Waals surface area (Å²) < 4.78 is 12.9. The molecule has 3 aromatic rings. The molecule has 2 heterocycles. The number of para-hydroxylation sites is 1. The predicted molar refractivity (Wildman–Crippen MR) is 74.7 cm³/mol. The molecule has 3 nitrogen and oxygen atoms in total. The van der Waals surface area contributed by atoms with E-state index in [9.17, 15) is 4.39 Å². The largest absolute Gasteiger partial charge is 0.385 e. The molecule has 0 aliphatic carbocycles. The maximum absolute atomic E-state index is 12.9. The highest BCUT2D eigenvalue weighted by Crippen LogP contribution is 2.18. The number of H-pyrrole nitrogens is 1. The lowest BCUT2D eigenvalue weighted by atomic mass is 10.1. The highest BCUT2D eigenvalue weighted by Gasteiger charge is 2.02. The van der Waals surface area contributed by atoms with Gasteiger partial charge in [-0.1, -0.05) is 18.2 Å². The normalized spacial score (nSPS) is 10.8. The Morgan fingerprint density at radius 3 is 3.00 bits per heavy atom. The van der Waals surface area contributed by atoms with Crippen LogP contribution < -0.4 is 5.32 Å². The van der Waals surface area contributed by atoms with Gasteiger partial charge in [0.05, 0.1) is 0 Å². The van der Waals surface area contributed by atoms with Crippen LogP contribution in [0.4, 0.5) is 10.1 Å². The molecule has 0 unspecified atom stereocenters. The molecule has 0 aliphatic rings. The van der Waals surface area contributed by atoms with E-state index in [-0.39, 0.29) is 0 Å². The molecule has 2 aromatic heterocycles. The second-order valence-corrected chi connectivity index (χ2v) is 4.40. The summed E-state index contributed by atoms with van der Waals surface area (Å²) in [5, 5.41) is 4.44. The van der Waals surface area contributed by atoms with E-state index < -0.39 is 5.95 Å². The Bertz CT molecular complexity index is 690. The van der Waals surface area contributed by atoms with Crippen LogP contribution in [0.5, 0.6) is 0 Å². The first-order valence-corrected chi connectivity index (χ1v) is 6.23. The maximum atomic E-state index is 12.9. The number of benzene rings is 1. The second kappa shape index (κ2) is 5.10. The van der Waals surface area contributed by atoms with E-state index in [1.54, 1.807) is 6.07 Å². The number of anilines is 1. The van der Waals surface area contributed by atoms with Crippen molar-refractivity contribution in [1.29, 1.82) is 0 Å². The van der Waals surface area contributed by atoms with Gasteiger partial charge >= 0.3 is 0 Å². The fraction of sp³-hybridized carbons (Fsp3) is 0.133. The molecule has 0 fully saturated rings. The number of fused-ring (bicyclic) bond motifs is 1. The van der Waals surface area contributed by atoms with E-state index in [0.29, 0.717) is 0 Å². The average Bonchev–Trinajstić information content (AvgIpc) is 2.83. The fourth-order valence-corrected chi connectivity index (χ4v) is 2.19. The van der Waals surface area contributed by atoms with Crippen molar-refractivity contribution in [1.82, 2.24) is 9.97 Å². The summed E-state index contributed by atoms with van der Waals surface area (Å²) in [6, 6.07) is 11.4. The molecule has 19 heavy (non-hydrogen) atoms. The van der Waals surface area contributed by atoms with E-state index in [1.807, 2.05) is 18.3 Å². The molecule has 0 bridgehead atoms. The van der Waals surface area contributed by atoms with Gasteiger partial charge in [-0.15, -0.1) is 0 Å². The molecule has 0 saturated heterocycles. The first kappa shape index (κ1) is 11.7. The third-order valence-corrected chi connectivity index (χ3v) is 3.12. The van der Waals surface area contributed by atoms with Gasteiger partial charge in [-0.05, 0) is 24.1 Å². The highest BCUT2D eigenvalue weighted by atomic mass is 19.1.